The number of aromatic nitrogens is 3. The number of nitrogens with two attached hydrogens (primary N) is 2. The van der Waals surface area contributed by atoms with Crippen LogP contribution >= 0.6 is 15.9 Å². The third-order valence-corrected chi connectivity index (χ3v) is 3.51. The van der Waals surface area contributed by atoms with E-state index in [9.17, 15) is 9.59 Å². The standard InChI is InChI=1S/C12H13BrN6O2/c13-8-4-2-1-3-7(8)5-16-9(20)6-19-11(14)10(12(15)21)17-18-19/h1-4H,5-6,14H2,(H2,15,21)(H,16,20). The van der Waals surface area contributed by atoms with E-state index in [1.54, 1.807) is 0 Å². The van der Waals surface area contributed by atoms with Crippen LogP contribution in [0.3, 0.4) is 0 Å². The van der Waals surface area contributed by atoms with Crippen LogP contribution in [0.2, 0.25) is 0 Å². The normalized spacial score (nSPS) is 10.3. The maximum Gasteiger partial charge on any atom is 0.273 e. The summed E-state index contributed by atoms with van der Waals surface area (Å²) in [6.45, 7) is 0.216. The molecule has 0 fully saturated rings. The zero-order valence-electron chi connectivity index (χ0n) is 10.9. The summed E-state index contributed by atoms with van der Waals surface area (Å²) in [6.07, 6.45) is 0. The van der Waals surface area contributed by atoms with Gasteiger partial charge < -0.3 is 16.8 Å². The molecule has 0 spiro atoms. The molecule has 0 radical (unpaired) electrons. The van der Waals surface area contributed by atoms with E-state index < -0.39 is 5.91 Å². The van der Waals surface area contributed by atoms with E-state index in [1.807, 2.05) is 24.3 Å². The van der Waals surface area contributed by atoms with Crippen molar-refractivity contribution in [1.29, 1.82) is 0 Å². The first-order valence-corrected chi connectivity index (χ1v) is 6.77. The van der Waals surface area contributed by atoms with Gasteiger partial charge in [0.25, 0.3) is 5.91 Å². The summed E-state index contributed by atoms with van der Waals surface area (Å²) in [5, 5.41) is 9.87. The zero-order valence-corrected chi connectivity index (χ0v) is 12.5. The molecule has 2 amide bonds. The number of nitrogens with one attached hydrogen (secondary N) is 1. The highest BCUT2D eigenvalue weighted by Gasteiger charge is 2.16. The number of nitrogen functional groups attached to an aromatic ring is 1. The van der Waals surface area contributed by atoms with Gasteiger partial charge in [-0.25, -0.2) is 4.68 Å². The summed E-state index contributed by atoms with van der Waals surface area (Å²) >= 11 is 3.39. The molecule has 1 aromatic carbocycles. The van der Waals surface area contributed by atoms with E-state index in [0.29, 0.717) is 6.54 Å². The van der Waals surface area contributed by atoms with Gasteiger partial charge in [-0.05, 0) is 11.6 Å². The molecule has 5 N–H and O–H groups in total. The third kappa shape index (κ3) is 3.57. The predicted molar refractivity (Wildman–Crippen MR) is 78.9 cm³/mol. The number of carbonyl (C=O) groups is 2. The Balaban J connectivity index is 1.96. The van der Waals surface area contributed by atoms with Gasteiger partial charge in [-0.2, -0.15) is 0 Å². The number of hydrogen-bond acceptors (Lipinski definition) is 5. The lowest BCUT2D eigenvalue weighted by Crippen LogP contribution is -2.28. The molecule has 0 aliphatic rings. The molecule has 2 aromatic rings. The molecule has 0 saturated carbocycles. The van der Waals surface area contributed by atoms with E-state index in [0.717, 1.165) is 14.7 Å². The van der Waals surface area contributed by atoms with Crippen molar-refractivity contribution in [3.63, 3.8) is 0 Å². The van der Waals surface area contributed by atoms with Crippen LogP contribution in [0.25, 0.3) is 0 Å². The van der Waals surface area contributed by atoms with E-state index in [-0.39, 0.29) is 24.0 Å². The summed E-state index contributed by atoms with van der Waals surface area (Å²) in [5.41, 5.74) is 11.5. The Kier molecular flexibility index (Phi) is 4.53. The average molecular weight is 353 g/mol. The van der Waals surface area contributed by atoms with Crippen molar-refractivity contribution in [3.05, 3.63) is 40.0 Å². The zero-order chi connectivity index (χ0) is 15.4. The molecule has 1 heterocycles. The van der Waals surface area contributed by atoms with E-state index >= 15 is 0 Å². The highest BCUT2D eigenvalue weighted by Crippen LogP contribution is 2.15. The van der Waals surface area contributed by atoms with E-state index in [1.165, 1.54) is 0 Å². The first-order valence-electron chi connectivity index (χ1n) is 5.98. The minimum atomic E-state index is -0.785. The Morgan fingerprint density at radius 2 is 2.05 bits per heavy atom. The van der Waals surface area contributed by atoms with E-state index in [2.05, 4.69) is 31.6 Å². The number of halogens is 1. The lowest BCUT2D eigenvalue weighted by Gasteiger charge is -2.07. The Labute approximate surface area is 128 Å². The molecular weight excluding hydrogens is 340 g/mol. The van der Waals surface area contributed by atoms with Crippen molar-refractivity contribution in [2.24, 2.45) is 5.73 Å². The lowest BCUT2D eigenvalue weighted by molar-refractivity contribution is -0.122. The Bertz CT molecular complexity index is 684. The predicted octanol–water partition coefficient (Wildman–Crippen LogP) is 0.0381. The van der Waals surface area contributed by atoms with Crippen LogP contribution in [0.15, 0.2) is 28.7 Å². The highest BCUT2D eigenvalue weighted by molar-refractivity contribution is 9.10. The van der Waals surface area contributed by atoms with Crippen LogP contribution in [0, 0.1) is 0 Å². The van der Waals surface area contributed by atoms with E-state index in [4.69, 9.17) is 11.5 Å². The smallest absolute Gasteiger partial charge is 0.273 e. The second-order valence-electron chi connectivity index (χ2n) is 4.21. The van der Waals surface area contributed by atoms with Gasteiger partial charge in [0.05, 0.1) is 0 Å². The number of rotatable bonds is 5. The van der Waals surface area contributed by atoms with Crippen LogP contribution in [-0.4, -0.2) is 26.8 Å². The third-order valence-electron chi connectivity index (χ3n) is 2.73. The lowest BCUT2D eigenvalue weighted by atomic mass is 10.2. The first-order chi connectivity index (χ1) is 9.99. The molecule has 9 heteroatoms. The van der Waals surface area contributed by atoms with Crippen LogP contribution in [-0.2, 0) is 17.9 Å². The van der Waals surface area contributed by atoms with Gasteiger partial charge in [0.15, 0.2) is 11.5 Å². The van der Waals surface area contributed by atoms with Crippen molar-refractivity contribution < 1.29 is 9.59 Å². The fourth-order valence-corrected chi connectivity index (χ4v) is 2.07. The minimum absolute atomic E-state index is 0.0291. The Morgan fingerprint density at radius 3 is 2.67 bits per heavy atom. The van der Waals surface area contributed by atoms with Gasteiger partial charge in [0.2, 0.25) is 5.91 Å². The molecule has 110 valence electrons. The van der Waals surface area contributed by atoms with Crippen molar-refractivity contribution in [2.45, 2.75) is 13.1 Å². The molecule has 0 atom stereocenters. The number of primary amides is 1. The number of hydrogen-bond donors (Lipinski definition) is 3. The summed E-state index contributed by atoms with van der Waals surface area (Å²) in [4.78, 5) is 22.8. The maximum absolute atomic E-state index is 11.8. The van der Waals surface area contributed by atoms with Gasteiger partial charge in [-0.3, -0.25) is 9.59 Å². The largest absolute Gasteiger partial charge is 0.382 e. The van der Waals surface area contributed by atoms with Crippen molar-refractivity contribution >= 4 is 33.6 Å². The molecular formula is C12H13BrN6O2. The molecule has 21 heavy (non-hydrogen) atoms. The maximum atomic E-state index is 11.8. The average Bonchev–Trinajstić information content (AvgIpc) is 2.79. The topological polar surface area (TPSA) is 129 Å². The fourth-order valence-electron chi connectivity index (χ4n) is 1.64. The molecule has 0 saturated heterocycles. The molecule has 8 nitrogen and oxygen atoms in total. The monoisotopic (exact) mass is 352 g/mol. The first kappa shape index (κ1) is 15.0. The number of anilines is 1. The van der Waals surface area contributed by atoms with Crippen LogP contribution in [0.1, 0.15) is 16.1 Å². The van der Waals surface area contributed by atoms with Crippen molar-refractivity contribution in [1.82, 2.24) is 20.3 Å². The Morgan fingerprint density at radius 1 is 1.33 bits per heavy atom. The van der Waals surface area contributed by atoms with Gasteiger partial charge in [0.1, 0.15) is 6.54 Å². The second-order valence-corrected chi connectivity index (χ2v) is 5.07. The van der Waals surface area contributed by atoms with Crippen LogP contribution in [0.4, 0.5) is 5.82 Å². The number of carbonyl (C=O) groups excluding carboxylic acids is 2. The van der Waals surface area contributed by atoms with Gasteiger partial charge in [-0.1, -0.05) is 39.3 Å². The van der Waals surface area contributed by atoms with Crippen molar-refractivity contribution in [3.8, 4) is 0 Å². The molecule has 2 rings (SSSR count). The Hall–Kier alpha value is -2.42. The number of nitrogens with zero attached hydrogens (tertiary/aromatic N) is 3. The molecule has 0 aliphatic carbocycles. The summed E-state index contributed by atoms with van der Waals surface area (Å²) in [5.74, 6) is -1.12. The van der Waals surface area contributed by atoms with Gasteiger partial charge in [-0.15, -0.1) is 5.10 Å². The molecule has 1 aromatic heterocycles. The SMILES string of the molecule is NC(=O)c1nnn(CC(=O)NCc2ccccc2Br)c1N. The summed E-state index contributed by atoms with van der Waals surface area (Å²) in [6, 6.07) is 7.53. The number of benzene rings is 1. The molecule has 0 aliphatic heterocycles. The summed E-state index contributed by atoms with van der Waals surface area (Å²) in [7, 11) is 0. The molecule has 0 unspecified atom stereocenters. The quantitative estimate of drug-likeness (QED) is 0.699. The van der Waals surface area contributed by atoms with Crippen molar-refractivity contribution in [2.75, 3.05) is 5.73 Å². The van der Waals surface area contributed by atoms with Gasteiger partial charge >= 0.3 is 0 Å². The van der Waals surface area contributed by atoms with Crippen LogP contribution in [0.5, 0.6) is 0 Å². The highest BCUT2D eigenvalue weighted by atomic mass is 79.9. The van der Waals surface area contributed by atoms with Crippen LogP contribution < -0.4 is 16.8 Å². The second kappa shape index (κ2) is 6.35. The van der Waals surface area contributed by atoms with Gasteiger partial charge in [0, 0.05) is 11.0 Å². The minimum Gasteiger partial charge on any atom is -0.382 e. The summed E-state index contributed by atoms with van der Waals surface area (Å²) < 4.78 is 2.02. The number of amides is 2. The fraction of sp³-hybridized carbons (Fsp3) is 0.167. The molecule has 0 bridgehead atoms.